The fourth-order valence-corrected chi connectivity index (χ4v) is 6.43. The number of aryl methyl sites for hydroxylation is 1. The average Bonchev–Trinajstić information content (AvgIpc) is 3.24. The van der Waals surface area contributed by atoms with Crippen molar-refractivity contribution in [3.63, 3.8) is 0 Å². The highest BCUT2D eigenvalue weighted by molar-refractivity contribution is 5.97. The molecule has 0 radical (unpaired) electrons. The number of anilines is 3. The second kappa shape index (κ2) is 9.19. The summed E-state index contributed by atoms with van der Waals surface area (Å²) in [5.74, 6) is 1.86. The summed E-state index contributed by atoms with van der Waals surface area (Å²) >= 11 is 0. The van der Waals surface area contributed by atoms with E-state index >= 15 is 0 Å². The van der Waals surface area contributed by atoms with Crippen LogP contribution in [-0.4, -0.2) is 12.0 Å². The summed E-state index contributed by atoms with van der Waals surface area (Å²) in [5, 5.41) is 7.40. The summed E-state index contributed by atoms with van der Waals surface area (Å²) in [5.41, 5.74) is 5.94. The number of benzene rings is 4. The van der Waals surface area contributed by atoms with Crippen molar-refractivity contribution < 1.29 is 14.3 Å². The third-order valence-corrected chi connectivity index (χ3v) is 8.50. The molecule has 4 aromatic rings. The number of fused-ring (bicyclic) bond motifs is 6. The van der Waals surface area contributed by atoms with Crippen molar-refractivity contribution in [2.75, 3.05) is 10.6 Å². The number of ether oxygens (including phenoxy) is 2. The van der Waals surface area contributed by atoms with Gasteiger partial charge in [-0.1, -0.05) is 49.4 Å². The molecule has 1 unspecified atom stereocenters. The highest BCUT2D eigenvalue weighted by Crippen LogP contribution is 2.59. The molecule has 0 amide bonds. The van der Waals surface area contributed by atoms with Gasteiger partial charge in [0.15, 0.2) is 5.60 Å². The van der Waals surface area contributed by atoms with Gasteiger partial charge in [0.25, 0.3) is 0 Å². The van der Waals surface area contributed by atoms with Crippen molar-refractivity contribution in [3.05, 3.63) is 113 Å². The first-order valence-corrected chi connectivity index (χ1v) is 13.9. The van der Waals surface area contributed by atoms with Gasteiger partial charge in [-0.25, -0.2) is 4.79 Å². The Bertz CT molecular complexity index is 1570. The first-order valence-electron chi connectivity index (χ1n) is 13.9. The van der Waals surface area contributed by atoms with Crippen LogP contribution in [0.2, 0.25) is 0 Å². The molecule has 1 saturated carbocycles. The Morgan fingerprint density at radius 1 is 0.795 bits per heavy atom. The summed E-state index contributed by atoms with van der Waals surface area (Å²) < 4.78 is 13.1. The maximum atomic E-state index is 13.4. The lowest BCUT2D eigenvalue weighted by Gasteiger charge is -2.39. The first-order chi connectivity index (χ1) is 19.0. The average molecular weight is 517 g/mol. The van der Waals surface area contributed by atoms with E-state index in [1.807, 2.05) is 72.8 Å². The van der Waals surface area contributed by atoms with Gasteiger partial charge >= 0.3 is 5.97 Å². The van der Waals surface area contributed by atoms with Gasteiger partial charge in [0.05, 0.1) is 11.1 Å². The maximum Gasteiger partial charge on any atom is 0.340 e. The second-order valence-electron chi connectivity index (χ2n) is 11.2. The smallest absolute Gasteiger partial charge is 0.340 e. The second-order valence-corrected chi connectivity index (χ2v) is 11.2. The summed E-state index contributed by atoms with van der Waals surface area (Å²) in [4.78, 5) is 13.4. The van der Waals surface area contributed by atoms with E-state index in [-0.39, 0.29) is 5.97 Å². The van der Waals surface area contributed by atoms with Crippen LogP contribution in [-0.2, 0) is 10.3 Å². The lowest BCUT2D eigenvalue weighted by molar-refractivity contribution is 0.0226. The summed E-state index contributed by atoms with van der Waals surface area (Å²) in [7, 11) is 0. The molecule has 39 heavy (non-hydrogen) atoms. The van der Waals surface area contributed by atoms with Gasteiger partial charge in [-0.3, -0.25) is 0 Å². The van der Waals surface area contributed by atoms with Gasteiger partial charge in [0.1, 0.15) is 11.5 Å². The van der Waals surface area contributed by atoms with Crippen LogP contribution in [0.4, 0.5) is 17.1 Å². The number of esters is 1. The van der Waals surface area contributed by atoms with Gasteiger partial charge in [-0.15, -0.1) is 0 Å². The normalized spacial score (nSPS) is 22.8. The largest absolute Gasteiger partial charge is 0.456 e. The molecule has 2 N–H and O–H groups in total. The Morgan fingerprint density at radius 3 is 2.38 bits per heavy atom. The SMILES string of the molecule is Cc1cc2c(cc1Nc1ccccc1)C1(OC(=O)c3ccccc31)c1c(NC3CCC(C)CC3)cccc1O2. The molecule has 0 bridgehead atoms. The molecule has 1 aliphatic carbocycles. The molecule has 3 aliphatic rings. The molecule has 1 spiro atoms. The zero-order chi connectivity index (χ0) is 26.6. The number of carbonyl (C=O) groups excluding carboxylic acids is 1. The van der Waals surface area contributed by atoms with Gasteiger partial charge in [0.2, 0.25) is 0 Å². The third-order valence-electron chi connectivity index (χ3n) is 8.50. The fraction of sp³-hybridized carbons (Fsp3) is 0.265. The molecule has 196 valence electrons. The lowest BCUT2D eigenvalue weighted by Crippen LogP contribution is -2.35. The van der Waals surface area contributed by atoms with Crippen molar-refractivity contribution >= 4 is 23.0 Å². The van der Waals surface area contributed by atoms with Crippen LogP contribution in [0.1, 0.15) is 65.2 Å². The van der Waals surface area contributed by atoms with Crippen LogP contribution in [0.3, 0.4) is 0 Å². The Morgan fingerprint density at radius 2 is 1.56 bits per heavy atom. The van der Waals surface area contributed by atoms with Crippen molar-refractivity contribution in [3.8, 4) is 11.5 Å². The summed E-state index contributed by atoms with van der Waals surface area (Å²) in [6, 6.07) is 28.4. The van der Waals surface area contributed by atoms with E-state index in [2.05, 4.69) is 36.6 Å². The van der Waals surface area contributed by atoms with E-state index in [9.17, 15) is 4.79 Å². The van der Waals surface area contributed by atoms with Gasteiger partial charge in [0, 0.05) is 34.2 Å². The summed E-state index contributed by atoms with van der Waals surface area (Å²) in [6.07, 6.45) is 4.66. The molecular formula is C34H32N2O3. The monoisotopic (exact) mass is 516 g/mol. The highest BCUT2D eigenvalue weighted by Gasteiger charge is 2.55. The topological polar surface area (TPSA) is 59.6 Å². The van der Waals surface area contributed by atoms with Crippen LogP contribution < -0.4 is 15.4 Å². The maximum absolute atomic E-state index is 13.4. The van der Waals surface area contributed by atoms with Crippen LogP contribution >= 0.6 is 0 Å². The van der Waals surface area contributed by atoms with Crippen molar-refractivity contribution in [2.45, 2.75) is 51.2 Å². The van der Waals surface area contributed by atoms with Gasteiger partial charge < -0.3 is 20.1 Å². The quantitative estimate of drug-likeness (QED) is 0.267. The third kappa shape index (κ3) is 3.87. The van der Waals surface area contributed by atoms with E-state index < -0.39 is 5.60 Å². The van der Waals surface area contributed by atoms with E-state index in [4.69, 9.17) is 9.47 Å². The molecule has 1 atom stereocenters. The van der Waals surface area contributed by atoms with Gasteiger partial charge in [-0.2, -0.15) is 0 Å². The van der Waals surface area contributed by atoms with Crippen molar-refractivity contribution in [1.29, 1.82) is 0 Å². The number of carbonyl (C=O) groups is 1. The number of hydrogen-bond acceptors (Lipinski definition) is 5. The Labute approximate surface area is 229 Å². The van der Waals surface area contributed by atoms with E-state index in [1.54, 1.807) is 0 Å². The predicted molar refractivity (Wildman–Crippen MR) is 154 cm³/mol. The van der Waals surface area contributed by atoms with E-state index in [0.717, 1.165) is 58.1 Å². The fourth-order valence-electron chi connectivity index (χ4n) is 6.43. The Balaban J connectivity index is 1.42. The van der Waals surface area contributed by atoms with Crippen LogP contribution in [0.25, 0.3) is 0 Å². The standard InChI is InChI=1S/C34H32N2O3/c1-21-15-17-24(18-16-21)35-28-13-8-14-30-32(28)34(26-12-7-6-11-25(26)33(37)39-34)27-20-29(22(2)19-31(27)38-30)36-23-9-4-3-5-10-23/h3-14,19-21,24,35-36H,15-18H2,1-2H3. The molecule has 1 fully saturated rings. The molecule has 0 saturated heterocycles. The minimum atomic E-state index is -1.12. The minimum absolute atomic E-state index is 0.316. The van der Waals surface area contributed by atoms with Crippen LogP contribution in [0.15, 0.2) is 84.9 Å². The predicted octanol–water partition coefficient (Wildman–Crippen LogP) is 8.30. The van der Waals surface area contributed by atoms with E-state index in [1.165, 1.54) is 12.8 Å². The molecule has 0 aromatic heterocycles. The van der Waals surface area contributed by atoms with Crippen LogP contribution in [0, 0.1) is 12.8 Å². The highest BCUT2D eigenvalue weighted by atomic mass is 16.6. The first kappa shape index (κ1) is 23.8. The number of rotatable bonds is 4. The van der Waals surface area contributed by atoms with E-state index in [0.29, 0.717) is 23.1 Å². The molecule has 4 aromatic carbocycles. The molecule has 5 nitrogen and oxygen atoms in total. The number of nitrogens with one attached hydrogen (secondary N) is 2. The Kier molecular flexibility index (Phi) is 5.62. The van der Waals surface area contributed by atoms with Crippen LogP contribution in [0.5, 0.6) is 11.5 Å². The molecule has 2 heterocycles. The molecule has 5 heteroatoms. The Hall–Kier alpha value is -4.25. The number of para-hydroxylation sites is 1. The zero-order valence-electron chi connectivity index (χ0n) is 22.3. The molecule has 2 aliphatic heterocycles. The summed E-state index contributed by atoms with van der Waals surface area (Å²) in [6.45, 7) is 4.39. The van der Waals surface area contributed by atoms with Crippen molar-refractivity contribution in [1.82, 2.24) is 0 Å². The molecule has 7 rings (SSSR count). The minimum Gasteiger partial charge on any atom is -0.456 e. The van der Waals surface area contributed by atoms with Gasteiger partial charge in [-0.05, 0) is 86.6 Å². The molecular weight excluding hydrogens is 484 g/mol. The number of hydrogen-bond donors (Lipinski definition) is 2. The van der Waals surface area contributed by atoms with Crippen molar-refractivity contribution in [2.24, 2.45) is 5.92 Å². The lowest BCUT2D eigenvalue weighted by atomic mass is 9.76. The zero-order valence-corrected chi connectivity index (χ0v) is 22.3.